The highest BCUT2D eigenvalue weighted by Gasteiger charge is 2.25. The van der Waals surface area contributed by atoms with Gasteiger partial charge in [0, 0.05) is 31.8 Å². The number of nitrogens with one attached hydrogen (secondary N) is 1. The molecule has 1 saturated heterocycles. The highest BCUT2D eigenvalue weighted by atomic mass is 16.2. The van der Waals surface area contributed by atoms with E-state index in [1.807, 2.05) is 11.8 Å². The Morgan fingerprint density at radius 1 is 1.44 bits per heavy atom. The maximum absolute atomic E-state index is 12.2. The minimum absolute atomic E-state index is 0.255. The fourth-order valence-corrected chi connectivity index (χ4v) is 2.25. The van der Waals surface area contributed by atoms with Crippen LogP contribution in [0, 0.1) is 5.92 Å². The van der Waals surface area contributed by atoms with Gasteiger partial charge in [0.05, 0.1) is 0 Å². The lowest BCUT2D eigenvalue weighted by molar-refractivity contribution is -0.128. The molecule has 0 bridgehead atoms. The van der Waals surface area contributed by atoms with E-state index in [1.54, 1.807) is 0 Å². The van der Waals surface area contributed by atoms with Crippen molar-refractivity contribution >= 4 is 5.91 Å². The van der Waals surface area contributed by atoms with Gasteiger partial charge in [-0.15, -0.1) is 0 Å². The number of rotatable bonds is 4. The van der Waals surface area contributed by atoms with Gasteiger partial charge in [-0.25, -0.2) is 0 Å². The van der Waals surface area contributed by atoms with Crippen molar-refractivity contribution in [3.05, 3.63) is 11.1 Å². The molecule has 1 aliphatic heterocycles. The molecule has 1 N–H and O–H groups in total. The van der Waals surface area contributed by atoms with E-state index in [9.17, 15) is 4.79 Å². The van der Waals surface area contributed by atoms with E-state index in [4.69, 9.17) is 0 Å². The molecule has 3 nitrogen and oxygen atoms in total. The minimum Gasteiger partial charge on any atom is -0.339 e. The number of carbonyl (C=O) groups excluding carboxylic acids is 1. The Bertz CT molecular complexity index is 299. The van der Waals surface area contributed by atoms with Crippen LogP contribution >= 0.6 is 0 Å². The monoisotopic (exact) mass is 222 g/mol. The maximum atomic E-state index is 12.2. The molecule has 90 valence electrons. The molecule has 1 heterocycles. The average molecular weight is 222 g/mol. The summed E-state index contributed by atoms with van der Waals surface area (Å²) in [5, 5.41) is 3.19. The van der Waals surface area contributed by atoms with Crippen LogP contribution in [0.2, 0.25) is 0 Å². The first-order chi connectivity index (χ1) is 7.72. The Hall–Kier alpha value is -0.830. The Balaban J connectivity index is 1.94. The van der Waals surface area contributed by atoms with Crippen LogP contribution in [-0.2, 0) is 4.79 Å². The van der Waals surface area contributed by atoms with E-state index in [0.29, 0.717) is 0 Å². The smallest absolute Gasteiger partial charge is 0.249 e. The zero-order chi connectivity index (χ0) is 11.5. The summed E-state index contributed by atoms with van der Waals surface area (Å²) in [4.78, 5) is 14.2. The fourth-order valence-electron chi connectivity index (χ4n) is 2.25. The van der Waals surface area contributed by atoms with Crippen molar-refractivity contribution in [2.75, 3.05) is 26.2 Å². The van der Waals surface area contributed by atoms with Crippen LogP contribution in [0.25, 0.3) is 0 Å². The van der Waals surface area contributed by atoms with Crippen LogP contribution < -0.4 is 5.32 Å². The van der Waals surface area contributed by atoms with Gasteiger partial charge in [0.1, 0.15) is 0 Å². The summed E-state index contributed by atoms with van der Waals surface area (Å²) in [6, 6.07) is 0. The van der Waals surface area contributed by atoms with Gasteiger partial charge in [-0.3, -0.25) is 4.79 Å². The predicted octanol–water partition coefficient (Wildman–Crippen LogP) is 1.55. The summed E-state index contributed by atoms with van der Waals surface area (Å²) in [6.45, 7) is 7.66. The van der Waals surface area contributed by atoms with E-state index in [2.05, 4.69) is 12.2 Å². The third kappa shape index (κ3) is 2.29. The van der Waals surface area contributed by atoms with E-state index >= 15 is 0 Å². The molecule has 0 aromatic rings. The van der Waals surface area contributed by atoms with Crippen molar-refractivity contribution in [1.29, 1.82) is 0 Å². The average Bonchev–Trinajstić information content (AvgIpc) is 2.13. The van der Waals surface area contributed by atoms with Gasteiger partial charge in [0.25, 0.3) is 0 Å². The highest BCUT2D eigenvalue weighted by Crippen LogP contribution is 2.27. The van der Waals surface area contributed by atoms with Crippen molar-refractivity contribution < 1.29 is 4.79 Å². The quantitative estimate of drug-likeness (QED) is 0.732. The summed E-state index contributed by atoms with van der Waals surface area (Å²) in [7, 11) is 0. The molecule has 3 heteroatoms. The normalized spacial score (nSPS) is 20.0. The standard InChI is InChI=1S/C13H22N2O/c1-3-15(9-11-5-4-6-11)13(16)10(2)12-7-14-8-12/h11,14H,3-9H2,1-2H3. The Kier molecular flexibility index (Phi) is 3.64. The summed E-state index contributed by atoms with van der Waals surface area (Å²) >= 11 is 0. The van der Waals surface area contributed by atoms with Crippen LogP contribution in [0.1, 0.15) is 33.1 Å². The minimum atomic E-state index is 0.255. The predicted molar refractivity (Wildman–Crippen MR) is 65.2 cm³/mol. The second kappa shape index (κ2) is 5.00. The van der Waals surface area contributed by atoms with Crippen molar-refractivity contribution in [3.8, 4) is 0 Å². The Labute approximate surface area is 97.9 Å². The molecule has 0 spiro atoms. The number of nitrogens with zero attached hydrogens (tertiary/aromatic N) is 1. The van der Waals surface area contributed by atoms with Gasteiger partial charge in [-0.2, -0.15) is 0 Å². The van der Waals surface area contributed by atoms with Gasteiger partial charge < -0.3 is 10.2 Å². The molecule has 0 aromatic carbocycles. The summed E-state index contributed by atoms with van der Waals surface area (Å²) in [5.74, 6) is 1.02. The SMILES string of the molecule is CCN(CC1CCC1)C(=O)C(C)=C1CNC1. The molecule has 1 aliphatic carbocycles. The number of carbonyl (C=O) groups is 1. The third-order valence-corrected chi connectivity index (χ3v) is 3.90. The van der Waals surface area contributed by atoms with Crippen molar-refractivity contribution in [1.82, 2.24) is 10.2 Å². The molecule has 1 saturated carbocycles. The van der Waals surface area contributed by atoms with Gasteiger partial charge in [-0.05, 0) is 38.2 Å². The molecule has 1 amide bonds. The highest BCUT2D eigenvalue weighted by molar-refractivity contribution is 5.94. The molecule has 2 fully saturated rings. The second-order valence-electron chi connectivity index (χ2n) is 4.97. The van der Waals surface area contributed by atoms with Crippen molar-refractivity contribution in [3.63, 3.8) is 0 Å². The van der Waals surface area contributed by atoms with E-state index < -0.39 is 0 Å². The van der Waals surface area contributed by atoms with Crippen LogP contribution in [0.4, 0.5) is 0 Å². The van der Waals surface area contributed by atoms with Crippen molar-refractivity contribution in [2.24, 2.45) is 5.92 Å². The van der Waals surface area contributed by atoms with E-state index in [1.165, 1.54) is 24.8 Å². The number of hydrogen-bond acceptors (Lipinski definition) is 2. The van der Waals surface area contributed by atoms with Crippen LogP contribution in [0.5, 0.6) is 0 Å². The van der Waals surface area contributed by atoms with E-state index in [-0.39, 0.29) is 5.91 Å². The molecule has 0 radical (unpaired) electrons. The lowest BCUT2D eigenvalue weighted by Crippen LogP contribution is -2.41. The lowest BCUT2D eigenvalue weighted by atomic mass is 9.85. The van der Waals surface area contributed by atoms with E-state index in [0.717, 1.165) is 37.7 Å². The number of amides is 1. The zero-order valence-corrected chi connectivity index (χ0v) is 10.4. The lowest BCUT2D eigenvalue weighted by Gasteiger charge is -2.33. The number of likely N-dealkylation sites (N-methyl/N-ethyl adjacent to an activating group) is 1. The zero-order valence-electron chi connectivity index (χ0n) is 10.4. The topological polar surface area (TPSA) is 32.3 Å². The van der Waals surface area contributed by atoms with Gasteiger partial charge >= 0.3 is 0 Å². The molecule has 0 aromatic heterocycles. The molecule has 0 unspecified atom stereocenters. The first-order valence-corrected chi connectivity index (χ1v) is 6.41. The van der Waals surface area contributed by atoms with Gasteiger partial charge in [-0.1, -0.05) is 6.42 Å². The summed E-state index contributed by atoms with van der Waals surface area (Å²) in [6.07, 6.45) is 3.96. The molecular formula is C13H22N2O. The number of hydrogen-bond donors (Lipinski definition) is 1. The fraction of sp³-hybridized carbons (Fsp3) is 0.769. The molecule has 2 aliphatic rings. The second-order valence-corrected chi connectivity index (χ2v) is 4.97. The van der Waals surface area contributed by atoms with Gasteiger partial charge in [0.15, 0.2) is 0 Å². The first-order valence-electron chi connectivity index (χ1n) is 6.41. The maximum Gasteiger partial charge on any atom is 0.249 e. The largest absolute Gasteiger partial charge is 0.339 e. The first kappa shape index (κ1) is 11.6. The molecule has 16 heavy (non-hydrogen) atoms. The van der Waals surface area contributed by atoms with Crippen LogP contribution in [0.3, 0.4) is 0 Å². The van der Waals surface area contributed by atoms with Crippen LogP contribution in [0.15, 0.2) is 11.1 Å². The molecule has 0 atom stereocenters. The summed E-state index contributed by atoms with van der Waals surface area (Å²) in [5.41, 5.74) is 2.26. The Morgan fingerprint density at radius 2 is 2.12 bits per heavy atom. The molecular weight excluding hydrogens is 200 g/mol. The van der Waals surface area contributed by atoms with Gasteiger partial charge in [0.2, 0.25) is 5.91 Å². The molecule has 2 rings (SSSR count). The van der Waals surface area contributed by atoms with Crippen molar-refractivity contribution in [2.45, 2.75) is 33.1 Å². The Morgan fingerprint density at radius 3 is 2.50 bits per heavy atom. The summed E-state index contributed by atoms with van der Waals surface area (Å²) < 4.78 is 0. The third-order valence-electron chi connectivity index (χ3n) is 3.90. The van der Waals surface area contributed by atoms with Crippen LogP contribution in [-0.4, -0.2) is 37.0 Å².